The number of amides is 1. The number of carbonyl (C=O) groups is 3. The van der Waals surface area contributed by atoms with E-state index in [0.717, 1.165) is 6.92 Å². The Balaban J connectivity index is 2.97. The fraction of sp³-hybridized carbons (Fsp3) is 0.250. The first-order valence-corrected chi connectivity index (χ1v) is 5.18. The highest BCUT2D eigenvalue weighted by Gasteiger charge is 2.24. The van der Waals surface area contributed by atoms with Crippen molar-refractivity contribution in [1.82, 2.24) is 5.32 Å². The number of phenols is 1. The third-order valence-corrected chi connectivity index (χ3v) is 2.05. The highest BCUT2D eigenvalue weighted by Crippen LogP contribution is 2.18. The summed E-state index contributed by atoms with van der Waals surface area (Å²) in [5.74, 6) is -2.04. The lowest BCUT2D eigenvalue weighted by molar-refractivity contribution is -0.160. The molecule has 0 aliphatic carbocycles. The van der Waals surface area contributed by atoms with Crippen LogP contribution in [-0.4, -0.2) is 23.0 Å². The van der Waals surface area contributed by atoms with E-state index in [2.05, 4.69) is 10.1 Å². The van der Waals surface area contributed by atoms with E-state index in [0.29, 0.717) is 5.56 Å². The summed E-state index contributed by atoms with van der Waals surface area (Å²) in [5.41, 5.74) is 0.411. The molecule has 1 aromatic rings. The molecule has 1 atom stereocenters. The van der Waals surface area contributed by atoms with Crippen molar-refractivity contribution in [3.63, 3.8) is 0 Å². The minimum atomic E-state index is -1.08. The predicted octanol–water partition coefficient (Wildman–Crippen LogP) is 0.659. The first kappa shape index (κ1) is 13.7. The van der Waals surface area contributed by atoms with Gasteiger partial charge in [0.25, 0.3) is 0 Å². The van der Waals surface area contributed by atoms with Gasteiger partial charge < -0.3 is 15.2 Å². The molecule has 0 saturated carbocycles. The van der Waals surface area contributed by atoms with Crippen molar-refractivity contribution in [3.8, 4) is 5.75 Å². The lowest BCUT2D eigenvalue weighted by atomic mass is 10.1. The van der Waals surface area contributed by atoms with E-state index in [1.165, 1.54) is 31.2 Å². The summed E-state index contributed by atoms with van der Waals surface area (Å²) < 4.78 is 4.44. The minimum Gasteiger partial charge on any atom is -0.508 e. The van der Waals surface area contributed by atoms with E-state index < -0.39 is 23.9 Å². The quantitative estimate of drug-likeness (QED) is 0.608. The van der Waals surface area contributed by atoms with Gasteiger partial charge in [0, 0.05) is 13.8 Å². The van der Waals surface area contributed by atoms with Gasteiger partial charge in [0.2, 0.25) is 5.91 Å². The molecule has 0 saturated heterocycles. The maximum atomic E-state index is 11.7. The van der Waals surface area contributed by atoms with Crippen LogP contribution in [0.5, 0.6) is 5.75 Å². The predicted molar refractivity (Wildman–Crippen MR) is 61.4 cm³/mol. The van der Waals surface area contributed by atoms with Crippen LogP contribution >= 0.6 is 0 Å². The maximum absolute atomic E-state index is 11.7. The van der Waals surface area contributed by atoms with Crippen molar-refractivity contribution in [2.75, 3.05) is 0 Å². The number of hydrogen-bond donors (Lipinski definition) is 2. The zero-order valence-electron chi connectivity index (χ0n) is 9.97. The summed E-state index contributed by atoms with van der Waals surface area (Å²) in [4.78, 5) is 33.4. The topological polar surface area (TPSA) is 92.7 Å². The molecule has 0 aliphatic heterocycles. The molecule has 1 rings (SSSR count). The van der Waals surface area contributed by atoms with E-state index in [1.54, 1.807) is 0 Å². The molecule has 0 aromatic heterocycles. The Hall–Kier alpha value is -2.37. The molecule has 1 aromatic carbocycles. The van der Waals surface area contributed by atoms with E-state index in [9.17, 15) is 14.4 Å². The molecular formula is C12H13NO5. The Kier molecular flexibility index (Phi) is 4.42. The van der Waals surface area contributed by atoms with Crippen molar-refractivity contribution in [2.24, 2.45) is 0 Å². The third kappa shape index (κ3) is 3.89. The Morgan fingerprint density at radius 2 is 1.72 bits per heavy atom. The summed E-state index contributed by atoms with van der Waals surface area (Å²) >= 11 is 0. The third-order valence-electron chi connectivity index (χ3n) is 2.05. The first-order valence-electron chi connectivity index (χ1n) is 5.18. The van der Waals surface area contributed by atoms with Gasteiger partial charge in [0.1, 0.15) is 5.75 Å². The molecule has 1 amide bonds. The lowest BCUT2D eigenvalue weighted by Crippen LogP contribution is -2.34. The Morgan fingerprint density at radius 3 is 2.17 bits per heavy atom. The summed E-state index contributed by atoms with van der Waals surface area (Å²) in [6, 6.07) is 4.57. The van der Waals surface area contributed by atoms with Gasteiger partial charge in [-0.3, -0.25) is 9.59 Å². The zero-order chi connectivity index (χ0) is 13.7. The number of hydrogen-bond acceptors (Lipinski definition) is 5. The number of nitrogens with one attached hydrogen (secondary N) is 1. The van der Waals surface area contributed by atoms with E-state index in [-0.39, 0.29) is 5.75 Å². The number of phenolic OH excluding ortho intramolecular Hbond substituents is 1. The van der Waals surface area contributed by atoms with Gasteiger partial charge in [-0.15, -0.1) is 0 Å². The molecule has 0 radical (unpaired) electrons. The van der Waals surface area contributed by atoms with Crippen LogP contribution in [0.25, 0.3) is 0 Å². The van der Waals surface area contributed by atoms with Crippen molar-refractivity contribution < 1.29 is 24.2 Å². The molecule has 0 fully saturated rings. The van der Waals surface area contributed by atoms with Crippen LogP contribution in [0.15, 0.2) is 24.3 Å². The van der Waals surface area contributed by atoms with Crippen molar-refractivity contribution in [1.29, 1.82) is 0 Å². The molecule has 0 spiro atoms. The van der Waals surface area contributed by atoms with Crippen LogP contribution in [0.4, 0.5) is 0 Å². The second kappa shape index (κ2) is 5.81. The average Bonchev–Trinajstić information content (AvgIpc) is 2.26. The van der Waals surface area contributed by atoms with Crippen LogP contribution in [-0.2, 0) is 19.1 Å². The van der Waals surface area contributed by atoms with Gasteiger partial charge >= 0.3 is 11.9 Å². The average molecular weight is 251 g/mol. The second-order valence-electron chi connectivity index (χ2n) is 3.64. The molecule has 96 valence electrons. The van der Waals surface area contributed by atoms with Crippen molar-refractivity contribution in [2.45, 2.75) is 19.9 Å². The van der Waals surface area contributed by atoms with Gasteiger partial charge in [-0.25, -0.2) is 4.79 Å². The fourth-order valence-electron chi connectivity index (χ4n) is 1.35. The molecule has 18 heavy (non-hydrogen) atoms. The minimum absolute atomic E-state index is 0.0280. The molecule has 6 nitrogen and oxygen atoms in total. The Morgan fingerprint density at radius 1 is 1.17 bits per heavy atom. The number of rotatable bonds is 3. The second-order valence-corrected chi connectivity index (χ2v) is 3.64. The Bertz CT molecular complexity index is 466. The summed E-state index contributed by atoms with van der Waals surface area (Å²) in [5, 5.41) is 11.5. The van der Waals surface area contributed by atoms with Crippen molar-refractivity contribution in [3.05, 3.63) is 29.8 Å². The van der Waals surface area contributed by atoms with E-state index in [4.69, 9.17) is 5.11 Å². The number of carbonyl (C=O) groups excluding carboxylic acids is 3. The molecule has 0 unspecified atom stereocenters. The largest absolute Gasteiger partial charge is 0.508 e. The van der Waals surface area contributed by atoms with Crippen LogP contribution in [0.1, 0.15) is 25.5 Å². The van der Waals surface area contributed by atoms with Crippen LogP contribution < -0.4 is 5.32 Å². The molecule has 0 bridgehead atoms. The van der Waals surface area contributed by atoms with E-state index >= 15 is 0 Å². The molecule has 0 aliphatic rings. The van der Waals surface area contributed by atoms with Gasteiger partial charge in [-0.1, -0.05) is 12.1 Å². The number of benzene rings is 1. The van der Waals surface area contributed by atoms with Gasteiger partial charge in [0.15, 0.2) is 6.04 Å². The van der Waals surface area contributed by atoms with Gasteiger partial charge in [0.05, 0.1) is 0 Å². The summed E-state index contributed by atoms with van der Waals surface area (Å²) in [7, 11) is 0. The maximum Gasteiger partial charge on any atom is 0.340 e. The normalized spacial score (nSPS) is 11.4. The summed E-state index contributed by atoms with van der Waals surface area (Å²) in [6.45, 7) is 2.34. The fourth-order valence-corrected chi connectivity index (χ4v) is 1.35. The molecular weight excluding hydrogens is 238 g/mol. The van der Waals surface area contributed by atoms with Gasteiger partial charge in [-0.05, 0) is 17.7 Å². The molecule has 0 heterocycles. The molecule has 2 N–H and O–H groups in total. The Labute approximate surface area is 104 Å². The number of esters is 2. The highest BCUT2D eigenvalue weighted by molar-refractivity contribution is 5.90. The molecule has 6 heteroatoms. The van der Waals surface area contributed by atoms with Crippen LogP contribution in [0.3, 0.4) is 0 Å². The first-order chi connectivity index (χ1) is 8.40. The monoisotopic (exact) mass is 251 g/mol. The van der Waals surface area contributed by atoms with Crippen molar-refractivity contribution >= 4 is 17.8 Å². The van der Waals surface area contributed by atoms with Gasteiger partial charge in [-0.2, -0.15) is 0 Å². The highest BCUT2D eigenvalue weighted by atomic mass is 16.6. The number of ether oxygens (including phenoxy) is 1. The lowest BCUT2D eigenvalue weighted by Gasteiger charge is -2.15. The number of aromatic hydroxyl groups is 1. The summed E-state index contributed by atoms with van der Waals surface area (Å²) in [6.07, 6.45) is 0. The standard InChI is InChI=1S/C12H13NO5/c1-7(14)13-11(12(17)18-8(2)15)9-3-5-10(16)6-4-9/h3-6,11,16H,1-2H3,(H,13,14)/t11-/m1/s1. The van der Waals surface area contributed by atoms with E-state index in [1.807, 2.05) is 0 Å². The smallest absolute Gasteiger partial charge is 0.340 e. The zero-order valence-corrected chi connectivity index (χ0v) is 9.97. The van der Waals surface area contributed by atoms with Crippen LogP contribution in [0.2, 0.25) is 0 Å². The van der Waals surface area contributed by atoms with Crippen LogP contribution in [0, 0.1) is 0 Å². The SMILES string of the molecule is CC(=O)N[C@@H](C(=O)OC(C)=O)c1ccc(O)cc1.